The van der Waals surface area contributed by atoms with Crippen molar-refractivity contribution in [2.24, 2.45) is 5.73 Å². The third-order valence-corrected chi connectivity index (χ3v) is 3.57. The Labute approximate surface area is 119 Å². The number of anilines is 1. The summed E-state index contributed by atoms with van der Waals surface area (Å²) in [7, 11) is 0. The van der Waals surface area contributed by atoms with Gasteiger partial charge in [-0.1, -0.05) is 6.07 Å². The molecule has 1 fully saturated rings. The molecule has 2 amide bonds. The third-order valence-electron chi connectivity index (χ3n) is 3.57. The summed E-state index contributed by atoms with van der Waals surface area (Å²) < 4.78 is 0. The second-order valence-corrected chi connectivity index (χ2v) is 5.20. The Balaban J connectivity index is 1.99. The van der Waals surface area contributed by atoms with Gasteiger partial charge in [0.1, 0.15) is 6.04 Å². The molecule has 1 saturated heterocycles. The first-order valence-corrected chi connectivity index (χ1v) is 7.03. The maximum atomic E-state index is 12.3. The Bertz CT molecular complexity index is 496. The zero-order valence-electron chi connectivity index (χ0n) is 11.8. The second kappa shape index (κ2) is 6.41. The molecule has 0 spiro atoms. The van der Waals surface area contributed by atoms with Crippen LogP contribution in [-0.4, -0.2) is 35.8 Å². The Morgan fingerprint density at radius 2 is 1.95 bits per heavy atom. The van der Waals surface area contributed by atoms with Crippen molar-refractivity contribution in [2.45, 2.75) is 32.2 Å². The van der Waals surface area contributed by atoms with Gasteiger partial charge < -0.3 is 16.0 Å². The van der Waals surface area contributed by atoms with Gasteiger partial charge >= 0.3 is 0 Å². The van der Waals surface area contributed by atoms with Gasteiger partial charge in [-0.15, -0.1) is 0 Å². The molecule has 0 aromatic heterocycles. The SMILES string of the molecule is CC(Nc1cccc(C(N)=O)c1)C(=O)N1CCCCC1. The molecule has 1 unspecified atom stereocenters. The van der Waals surface area contributed by atoms with Crippen LogP contribution in [0.2, 0.25) is 0 Å². The molecule has 0 aliphatic carbocycles. The minimum Gasteiger partial charge on any atom is -0.374 e. The fourth-order valence-electron chi connectivity index (χ4n) is 2.46. The maximum Gasteiger partial charge on any atom is 0.248 e. The van der Waals surface area contributed by atoms with Crippen molar-refractivity contribution in [1.29, 1.82) is 0 Å². The van der Waals surface area contributed by atoms with Crippen molar-refractivity contribution in [3.63, 3.8) is 0 Å². The van der Waals surface area contributed by atoms with Crippen molar-refractivity contribution in [3.05, 3.63) is 29.8 Å². The van der Waals surface area contributed by atoms with Crippen LogP contribution in [0.1, 0.15) is 36.5 Å². The van der Waals surface area contributed by atoms with Crippen LogP contribution in [0.3, 0.4) is 0 Å². The molecule has 1 aromatic rings. The highest BCUT2D eigenvalue weighted by atomic mass is 16.2. The quantitative estimate of drug-likeness (QED) is 0.876. The molecule has 20 heavy (non-hydrogen) atoms. The molecule has 0 saturated carbocycles. The van der Waals surface area contributed by atoms with Crippen molar-refractivity contribution in [1.82, 2.24) is 4.90 Å². The predicted octanol–water partition coefficient (Wildman–Crippen LogP) is 1.60. The molecule has 5 nitrogen and oxygen atoms in total. The van der Waals surface area contributed by atoms with Crippen LogP contribution in [0.4, 0.5) is 5.69 Å². The number of piperidine rings is 1. The number of carbonyl (C=O) groups excluding carboxylic acids is 2. The van der Waals surface area contributed by atoms with Crippen LogP contribution in [0.5, 0.6) is 0 Å². The molecule has 1 aliphatic rings. The van der Waals surface area contributed by atoms with Crippen molar-refractivity contribution in [3.8, 4) is 0 Å². The van der Waals surface area contributed by atoms with Gasteiger partial charge in [0.15, 0.2) is 0 Å². The van der Waals surface area contributed by atoms with Crippen LogP contribution >= 0.6 is 0 Å². The van der Waals surface area contributed by atoms with E-state index in [0.29, 0.717) is 5.56 Å². The number of nitrogens with zero attached hydrogens (tertiary/aromatic N) is 1. The number of hydrogen-bond donors (Lipinski definition) is 2. The lowest BCUT2D eigenvalue weighted by Crippen LogP contribution is -2.43. The summed E-state index contributed by atoms with van der Waals surface area (Å²) in [5.74, 6) is -0.363. The molecule has 1 heterocycles. The third kappa shape index (κ3) is 3.50. The van der Waals surface area contributed by atoms with E-state index >= 15 is 0 Å². The number of rotatable bonds is 4. The highest BCUT2D eigenvalue weighted by molar-refractivity contribution is 5.94. The first-order valence-electron chi connectivity index (χ1n) is 7.03. The van der Waals surface area contributed by atoms with Crippen LogP contribution < -0.4 is 11.1 Å². The fourth-order valence-corrected chi connectivity index (χ4v) is 2.46. The Morgan fingerprint density at radius 1 is 1.25 bits per heavy atom. The van der Waals surface area contributed by atoms with Crippen molar-refractivity contribution < 1.29 is 9.59 Å². The fraction of sp³-hybridized carbons (Fsp3) is 0.467. The van der Waals surface area contributed by atoms with Crippen LogP contribution in [0.15, 0.2) is 24.3 Å². The monoisotopic (exact) mass is 275 g/mol. The molecular weight excluding hydrogens is 254 g/mol. The van der Waals surface area contributed by atoms with Crippen LogP contribution in [0, 0.1) is 0 Å². The van der Waals surface area contributed by atoms with Gasteiger partial charge in [0.05, 0.1) is 0 Å². The van der Waals surface area contributed by atoms with E-state index in [1.165, 1.54) is 6.42 Å². The zero-order chi connectivity index (χ0) is 14.5. The minimum absolute atomic E-state index is 0.106. The summed E-state index contributed by atoms with van der Waals surface area (Å²) in [6.07, 6.45) is 3.36. The largest absolute Gasteiger partial charge is 0.374 e. The highest BCUT2D eigenvalue weighted by Crippen LogP contribution is 2.14. The van der Waals surface area contributed by atoms with Gasteiger partial charge in [-0.2, -0.15) is 0 Å². The average molecular weight is 275 g/mol. The van der Waals surface area contributed by atoms with Gasteiger partial charge in [0, 0.05) is 24.3 Å². The maximum absolute atomic E-state index is 12.3. The van der Waals surface area contributed by atoms with Gasteiger partial charge in [0.2, 0.25) is 11.8 Å². The normalized spacial score (nSPS) is 16.6. The summed E-state index contributed by atoms with van der Waals surface area (Å²) in [4.78, 5) is 25.3. The van der Waals surface area contributed by atoms with E-state index in [0.717, 1.165) is 31.6 Å². The summed E-state index contributed by atoms with van der Waals surface area (Å²) in [5, 5.41) is 3.14. The molecule has 1 aliphatic heterocycles. The average Bonchev–Trinajstić information content (AvgIpc) is 2.47. The molecular formula is C15H21N3O2. The number of likely N-dealkylation sites (tertiary alicyclic amines) is 1. The first kappa shape index (κ1) is 14.4. The lowest BCUT2D eigenvalue weighted by molar-refractivity contribution is -0.132. The van der Waals surface area contributed by atoms with Gasteiger partial charge in [-0.05, 0) is 44.4 Å². The van der Waals surface area contributed by atoms with E-state index in [2.05, 4.69) is 5.32 Å². The van der Waals surface area contributed by atoms with E-state index in [4.69, 9.17) is 5.73 Å². The van der Waals surface area contributed by atoms with E-state index < -0.39 is 5.91 Å². The Morgan fingerprint density at radius 3 is 2.60 bits per heavy atom. The van der Waals surface area contributed by atoms with Crippen molar-refractivity contribution in [2.75, 3.05) is 18.4 Å². The van der Waals surface area contributed by atoms with E-state index in [1.807, 2.05) is 17.9 Å². The molecule has 108 valence electrons. The number of hydrogen-bond acceptors (Lipinski definition) is 3. The molecule has 1 atom stereocenters. The number of nitrogens with one attached hydrogen (secondary N) is 1. The topological polar surface area (TPSA) is 75.4 Å². The number of primary amides is 1. The lowest BCUT2D eigenvalue weighted by Gasteiger charge is -2.29. The van der Waals surface area contributed by atoms with E-state index in [-0.39, 0.29) is 11.9 Å². The Hall–Kier alpha value is -2.04. The number of carbonyl (C=O) groups is 2. The zero-order valence-corrected chi connectivity index (χ0v) is 11.8. The molecule has 5 heteroatoms. The molecule has 0 radical (unpaired) electrons. The summed E-state index contributed by atoms with van der Waals surface area (Å²) in [6, 6.07) is 6.59. The molecule has 2 rings (SSSR count). The summed E-state index contributed by atoms with van der Waals surface area (Å²) >= 11 is 0. The lowest BCUT2D eigenvalue weighted by atomic mass is 10.1. The molecule has 1 aromatic carbocycles. The number of benzene rings is 1. The second-order valence-electron chi connectivity index (χ2n) is 5.20. The smallest absolute Gasteiger partial charge is 0.248 e. The van der Waals surface area contributed by atoms with Crippen LogP contribution in [-0.2, 0) is 4.79 Å². The highest BCUT2D eigenvalue weighted by Gasteiger charge is 2.21. The standard InChI is InChI=1S/C15H21N3O2/c1-11(15(20)18-8-3-2-4-9-18)17-13-7-5-6-12(10-13)14(16)19/h5-7,10-11,17H,2-4,8-9H2,1H3,(H2,16,19). The predicted molar refractivity (Wildman–Crippen MR) is 78.5 cm³/mol. The van der Waals surface area contributed by atoms with Gasteiger partial charge in [-0.25, -0.2) is 0 Å². The van der Waals surface area contributed by atoms with Crippen LogP contribution in [0.25, 0.3) is 0 Å². The first-order chi connectivity index (χ1) is 9.58. The minimum atomic E-state index is -0.469. The number of nitrogens with two attached hydrogens (primary N) is 1. The van der Waals surface area contributed by atoms with E-state index in [9.17, 15) is 9.59 Å². The van der Waals surface area contributed by atoms with Crippen molar-refractivity contribution >= 4 is 17.5 Å². The number of amides is 2. The summed E-state index contributed by atoms with van der Waals surface area (Å²) in [6.45, 7) is 3.52. The van der Waals surface area contributed by atoms with Gasteiger partial charge in [-0.3, -0.25) is 9.59 Å². The summed E-state index contributed by atoms with van der Waals surface area (Å²) in [5.41, 5.74) is 6.42. The molecule has 3 N–H and O–H groups in total. The Kier molecular flexibility index (Phi) is 4.61. The molecule has 0 bridgehead atoms. The van der Waals surface area contributed by atoms with E-state index in [1.54, 1.807) is 18.2 Å². The van der Waals surface area contributed by atoms with Gasteiger partial charge in [0.25, 0.3) is 0 Å².